The van der Waals surface area contributed by atoms with Crippen LogP contribution >= 0.6 is 22.7 Å². The topological polar surface area (TPSA) is 63.8 Å². The lowest BCUT2D eigenvalue weighted by Gasteiger charge is -2.02. The highest BCUT2D eigenvalue weighted by molar-refractivity contribution is 7.19. The van der Waals surface area contributed by atoms with Crippen molar-refractivity contribution in [3.05, 3.63) is 23.8 Å². The lowest BCUT2D eigenvalue weighted by atomic mass is 10.4. The maximum atomic E-state index is 5.33. The first-order valence-electron chi connectivity index (χ1n) is 5.82. The van der Waals surface area contributed by atoms with Crippen LogP contribution in [-0.2, 0) is 0 Å². The van der Waals surface area contributed by atoms with Crippen LogP contribution < -0.4 is 5.32 Å². The standard InChI is InChI=1S/C12H12N4OS2/c1-7(2)13-12-16-15-10(19-12)8-6-18-11(14-8)9-4-3-5-17-9/h3-7H,1-2H3,(H,13,16). The minimum atomic E-state index is 0.343. The molecule has 5 nitrogen and oxygen atoms in total. The van der Waals surface area contributed by atoms with Gasteiger partial charge in [0.15, 0.2) is 15.8 Å². The van der Waals surface area contributed by atoms with E-state index in [1.165, 1.54) is 22.7 Å². The lowest BCUT2D eigenvalue weighted by Crippen LogP contribution is -2.08. The van der Waals surface area contributed by atoms with Crippen molar-refractivity contribution < 1.29 is 4.42 Å². The van der Waals surface area contributed by atoms with E-state index >= 15 is 0 Å². The Kier molecular flexibility index (Phi) is 3.31. The molecule has 0 aliphatic heterocycles. The maximum absolute atomic E-state index is 5.33. The van der Waals surface area contributed by atoms with Crippen LogP contribution in [0.25, 0.3) is 21.5 Å². The normalized spacial score (nSPS) is 11.1. The molecule has 0 aromatic carbocycles. The van der Waals surface area contributed by atoms with Crippen LogP contribution in [0.4, 0.5) is 5.13 Å². The molecule has 0 radical (unpaired) electrons. The fourth-order valence-corrected chi connectivity index (χ4v) is 3.21. The summed E-state index contributed by atoms with van der Waals surface area (Å²) in [6, 6.07) is 4.09. The van der Waals surface area contributed by atoms with Crippen LogP contribution in [0.5, 0.6) is 0 Å². The van der Waals surface area contributed by atoms with Crippen molar-refractivity contribution in [2.24, 2.45) is 0 Å². The van der Waals surface area contributed by atoms with Crippen molar-refractivity contribution >= 4 is 27.8 Å². The number of aromatic nitrogens is 3. The summed E-state index contributed by atoms with van der Waals surface area (Å²) in [5.41, 5.74) is 0.839. The number of nitrogens with zero attached hydrogens (tertiary/aromatic N) is 3. The molecule has 0 fully saturated rings. The predicted molar refractivity (Wildman–Crippen MR) is 77.5 cm³/mol. The molecule has 0 bridgehead atoms. The average molecular weight is 292 g/mol. The summed E-state index contributed by atoms with van der Waals surface area (Å²) in [6.07, 6.45) is 1.64. The van der Waals surface area contributed by atoms with E-state index in [9.17, 15) is 0 Å². The van der Waals surface area contributed by atoms with Gasteiger partial charge in [-0.3, -0.25) is 0 Å². The predicted octanol–water partition coefficient (Wildman–Crippen LogP) is 3.74. The number of anilines is 1. The Morgan fingerprint density at radius 3 is 2.89 bits per heavy atom. The van der Waals surface area contributed by atoms with Crippen LogP contribution in [-0.4, -0.2) is 21.2 Å². The average Bonchev–Trinajstić information content (AvgIpc) is 3.09. The highest BCUT2D eigenvalue weighted by atomic mass is 32.1. The number of furan rings is 1. The zero-order valence-corrected chi connectivity index (χ0v) is 12.1. The molecule has 7 heteroatoms. The second-order valence-corrected chi connectivity index (χ2v) is 6.06. The van der Waals surface area contributed by atoms with Gasteiger partial charge < -0.3 is 9.73 Å². The van der Waals surface area contributed by atoms with E-state index in [1.807, 2.05) is 17.5 Å². The fraction of sp³-hybridized carbons (Fsp3) is 0.250. The second-order valence-electron chi connectivity index (χ2n) is 4.23. The quantitative estimate of drug-likeness (QED) is 0.793. The van der Waals surface area contributed by atoms with Gasteiger partial charge in [0, 0.05) is 11.4 Å². The highest BCUT2D eigenvalue weighted by Crippen LogP contribution is 2.31. The van der Waals surface area contributed by atoms with Crippen LogP contribution in [0.3, 0.4) is 0 Å². The first-order chi connectivity index (χ1) is 9.22. The van der Waals surface area contributed by atoms with Crippen molar-refractivity contribution in [1.29, 1.82) is 0 Å². The smallest absolute Gasteiger partial charge is 0.206 e. The number of thiazole rings is 1. The Morgan fingerprint density at radius 1 is 1.26 bits per heavy atom. The molecule has 0 atom stereocenters. The van der Waals surface area contributed by atoms with Gasteiger partial charge in [-0.2, -0.15) is 0 Å². The highest BCUT2D eigenvalue weighted by Gasteiger charge is 2.13. The van der Waals surface area contributed by atoms with Crippen LogP contribution in [0.2, 0.25) is 0 Å². The Balaban J connectivity index is 1.84. The van der Waals surface area contributed by atoms with Crippen LogP contribution in [0.1, 0.15) is 13.8 Å². The Bertz CT molecular complexity index is 657. The van der Waals surface area contributed by atoms with E-state index in [-0.39, 0.29) is 0 Å². The van der Waals surface area contributed by atoms with E-state index in [2.05, 4.69) is 34.3 Å². The minimum absolute atomic E-state index is 0.343. The van der Waals surface area contributed by atoms with Gasteiger partial charge in [-0.05, 0) is 26.0 Å². The Labute approximate surface area is 118 Å². The molecule has 0 aliphatic carbocycles. The van der Waals surface area contributed by atoms with E-state index in [4.69, 9.17) is 4.42 Å². The van der Waals surface area contributed by atoms with Crippen molar-refractivity contribution in [3.63, 3.8) is 0 Å². The zero-order chi connectivity index (χ0) is 13.2. The minimum Gasteiger partial charge on any atom is -0.462 e. The third-order valence-corrected chi connectivity index (χ3v) is 4.03. The summed E-state index contributed by atoms with van der Waals surface area (Å²) in [5.74, 6) is 0.779. The van der Waals surface area contributed by atoms with Crippen molar-refractivity contribution in [1.82, 2.24) is 15.2 Å². The number of hydrogen-bond donors (Lipinski definition) is 1. The van der Waals surface area contributed by atoms with E-state index in [0.717, 1.165) is 26.6 Å². The van der Waals surface area contributed by atoms with Gasteiger partial charge in [0.2, 0.25) is 5.13 Å². The SMILES string of the molecule is CC(C)Nc1nnc(-c2csc(-c3ccco3)n2)s1. The summed E-state index contributed by atoms with van der Waals surface area (Å²) in [4.78, 5) is 4.52. The molecule has 1 N–H and O–H groups in total. The van der Waals surface area contributed by atoms with Crippen LogP contribution in [0.15, 0.2) is 28.2 Å². The summed E-state index contributed by atoms with van der Waals surface area (Å²) < 4.78 is 5.33. The third kappa shape index (κ3) is 2.66. The number of nitrogens with one attached hydrogen (secondary N) is 1. The molecular weight excluding hydrogens is 280 g/mol. The van der Waals surface area contributed by atoms with E-state index in [1.54, 1.807) is 6.26 Å². The fourth-order valence-electron chi connectivity index (χ4n) is 1.52. The van der Waals surface area contributed by atoms with Crippen molar-refractivity contribution in [3.8, 4) is 21.5 Å². The molecule has 0 aliphatic rings. The first kappa shape index (κ1) is 12.3. The largest absolute Gasteiger partial charge is 0.462 e. The summed E-state index contributed by atoms with van der Waals surface area (Å²) in [7, 11) is 0. The molecule has 0 saturated heterocycles. The summed E-state index contributed by atoms with van der Waals surface area (Å²) >= 11 is 3.04. The molecule has 0 saturated carbocycles. The number of rotatable bonds is 4. The van der Waals surface area contributed by atoms with Crippen molar-refractivity contribution in [2.75, 3.05) is 5.32 Å². The van der Waals surface area contributed by atoms with Gasteiger partial charge in [0.05, 0.1) is 6.26 Å². The Morgan fingerprint density at radius 2 is 2.16 bits per heavy atom. The zero-order valence-electron chi connectivity index (χ0n) is 10.5. The molecule has 0 amide bonds. The van der Waals surface area contributed by atoms with Gasteiger partial charge in [-0.1, -0.05) is 11.3 Å². The lowest BCUT2D eigenvalue weighted by molar-refractivity contribution is 0.582. The molecule has 0 unspecified atom stereocenters. The van der Waals surface area contributed by atoms with E-state index < -0.39 is 0 Å². The molecule has 3 rings (SSSR count). The van der Waals surface area contributed by atoms with Gasteiger partial charge in [0.1, 0.15) is 5.69 Å². The van der Waals surface area contributed by atoms with Gasteiger partial charge in [-0.25, -0.2) is 4.98 Å². The van der Waals surface area contributed by atoms with Crippen LogP contribution in [0, 0.1) is 0 Å². The molecule has 3 aromatic heterocycles. The van der Waals surface area contributed by atoms with Gasteiger partial charge >= 0.3 is 0 Å². The second kappa shape index (κ2) is 5.10. The molecule has 3 heterocycles. The first-order valence-corrected chi connectivity index (χ1v) is 7.52. The maximum Gasteiger partial charge on any atom is 0.206 e. The molecule has 3 aromatic rings. The van der Waals surface area contributed by atoms with Crippen molar-refractivity contribution in [2.45, 2.75) is 19.9 Å². The number of hydrogen-bond acceptors (Lipinski definition) is 7. The Hall–Kier alpha value is -1.73. The summed E-state index contributed by atoms with van der Waals surface area (Å²) in [6.45, 7) is 4.14. The molecular formula is C12H12N4OS2. The summed E-state index contributed by atoms with van der Waals surface area (Å²) in [5, 5.41) is 15.9. The van der Waals surface area contributed by atoms with Gasteiger partial charge in [0.25, 0.3) is 0 Å². The monoisotopic (exact) mass is 292 g/mol. The van der Waals surface area contributed by atoms with Gasteiger partial charge in [-0.15, -0.1) is 21.5 Å². The molecule has 19 heavy (non-hydrogen) atoms. The van der Waals surface area contributed by atoms with E-state index in [0.29, 0.717) is 6.04 Å². The molecule has 0 spiro atoms. The molecule has 98 valence electrons. The third-order valence-electron chi connectivity index (χ3n) is 2.29.